The Balaban J connectivity index is 1.82. The first kappa shape index (κ1) is 23.8. The maximum Gasteiger partial charge on any atom is 0.418 e. The second-order valence-electron chi connectivity index (χ2n) is 8.76. The maximum atomic E-state index is 13.4. The van der Waals surface area contributed by atoms with Gasteiger partial charge in [0.25, 0.3) is 0 Å². The number of anilines is 1. The molecule has 0 saturated carbocycles. The maximum absolute atomic E-state index is 13.4. The summed E-state index contributed by atoms with van der Waals surface area (Å²) >= 11 is 0. The van der Waals surface area contributed by atoms with Crippen LogP contribution in [0.3, 0.4) is 0 Å². The fourth-order valence-electron chi connectivity index (χ4n) is 3.81. The molecule has 0 amide bonds. The number of nitriles is 1. The van der Waals surface area contributed by atoms with Gasteiger partial charge < -0.3 is 10.3 Å². The first-order chi connectivity index (χ1) is 16.4. The third-order valence-electron chi connectivity index (χ3n) is 5.89. The molecule has 2 aromatic heterocycles. The molecule has 178 valence electrons. The van der Waals surface area contributed by atoms with Crippen LogP contribution in [-0.2, 0) is 18.6 Å². The minimum Gasteiger partial charge on any atom is -0.398 e. The lowest BCUT2D eigenvalue weighted by atomic mass is 9.86. The molecule has 2 N–H and O–H groups in total. The number of imidazole rings is 1. The fraction of sp³-hybridized carbons (Fsp3) is 0.192. The lowest BCUT2D eigenvalue weighted by molar-refractivity contribution is -0.136. The molecule has 4 rings (SSSR count). The second-order valence-corrected chi connectivity index (χ2v) is 8.76. The molecular formula is C26H22F3N5O. The van der Waals surface area contributed by atoms with Crippen molar-refractivity contribution in [3.8, 4) is 34.3 Å². The van der Waals surface area contributed by atoms with Gasteiger partial charge in [0.2, 0.25) is 0 Å². The number of aromatic nitrogens is 3. The number of benzene rings is 2. The summed E-state index contributed by atoms with van der Waals surface area (Å²) in [4.78, 5) is 17.3. The van der Waals surface area contributed by atoms with E-state index in [1.807, 2.05) is 0 Å². The van der Waals surface area contributed by atoms with E-state index in [1.54, 1.807) is 63.5 Å². The molecule has 0 bridgehead atoms. The van der Waals surface area contributed by atoms with Crippen molar-refractivity contribution in [2.45, 2.75) is 25.4 Å². The molecule has 0 saturated heterocycles. The van der Waals surface area contributed by atoms with Gasteiger partial charge in [0, 0.05) is 25.1 Å². The van der Waals surface area contributed by atoms with E-state index in [0.717, 1.165) is 11.6 Å². The van der Waals surface area contributed by atoms with Crippen molar-refractivity contribution in [2.75, 3.05) is 5.73 Å². The number of halogens is 3. The second kappa shape index (κ2) is 8.47. The number of pyridine rings is 1. The van der Waals surface area contributed by atoms with E-state index in [-0.39, 0.29) is 11.4 Å². The van der Waals surface area contributed by atoms with Crippen molar-refractivity contribution >= 4 is 5.69 Å². The van der Waals surface area contributed by atoms with Gasteiger partial charge in [-0.3, -0.25) is 9.55 Å². The van der Waals surface area contributed by atoms with Crippen LogP contribution < -0.4 is 11.4 Å². The lowest BCUT2D eigenvalue weighted by Crippen LogP contribution is -2.21. The summed E-state index contributed by atoms with van der Waals surface area (Å²) in [5.74, 6) is 0. The number of rotatable bonds is 4. The van der Waals surface area contributed by atoms with Gasteiger partial charge in [0.15, 0.2) is 0 Å². The van der Waals surface area contributed by atoms with Gasteiger partial charge in [-0.25, -0.2) is 4.79 Å². The van der Waals surface area contributed by atoms with Crippen LogP contribution in [0, 0.1) is 11.3 Å². The summed E-state index contributed by atoms with van der Waals surface area (Å²) in [7, 11) is 1.61. The molecule has 4 aromatic rings. The molecule has 9 heteroatoms. The van der Waals surface area contributed by atoms with Crippen LogP contribution >= 0.6 is 0 Å². The fourth-order valence-corrected chi connectivity index (χ4v) is 3.81. The summed E-state index contributed by atoms with van der Waals surface area (Å²) in [6.45, 7) is 3.61. The van der Waals surface area contributed by atoms with Crippen molar-refractivity contribution in [1.82, 2.24) is 14.1 Å². The highest BCUT2D eigenvalue weighted by Gasteiger charge is 2.33. The van der Waals surface area contributed by atoms with Crippen molar-refractivity contribution in [2.24, 2.45) is 7.05 Å². The smallest absolute Gasteiger partial charge is 0.398 e. The zero-order valence-corrected chi connectivity index (χ0v) is 19.3. The van der Waals surface area contributed by atoms with E-state index in [2.05, 4.69) is 11.1 Å². The summed E-state index contributed by atoms with van der Waals surface area (Å²) in [6.07, 6.45) is -1.48. The predicted octanol–water partition coefficient (Wildman–Crippen LogP) is 5.31. The molecule has 0 fully saturated rings. The average molecular weight is 477 g/mol. The van der Waals surface area contributed by atoms with Gasteiger partial charge in [-0.1, -0.05) is 18.2 Å². The standard InChI is InChI=1S/C26H22F3N5O/c1-25(2,15-30)18-5-7-19(8-6-18)34-23(14-33(3)24(34)35)22-13-17(10-11-32-22)16-4-9-21(31)20(12-16)26(27,28)29/h4-14H,31H2,1-3H3. The lowest BCUT2D eigenvalue weighted by Gasteiger charge is -2.16. The largest absolute Gasteiger partial charge is 0.418 e. The molecule has 2 aromatic carbocycles. The Morgan fingerprint density at radius 3 is 2.29 bits per heavy atom. The van der Waals surface area contributed by atoms with Crippen LogP contribution in [0.4, 0.5) is 18.9 Å². The van der Waals surface area contributed by atoms with Gasteiger partial charge in [-0.05, 0) is 66.9 Å². The number of nitrogens with zero attached hydrogens (tertiary/aromatic N) is 4. The SMILES string of the molecule is Cn1cc(-c2cc(-c3ccc(N)c(C(F)(F)F)c3)ccn2)n(-c2ccc(C(C)(C)C#N)cc2)c1=O. The number of hydrogen-bond acceptors (Lipinski definition) is 4. The average Bonchev–Trinajstić information content (AvgIpc) is 3.13. The molecule has 0 unspecified atom stereocenters. The van der Waals surface area contributed by atoms with E-state index in [0.29, 0.717) is 28.2 Å². The minimum atomic E-state index is -4.58. The van der Waals surface area contributed by atoms with Crippen molar-refractivity contribution in [1.29, 1.82) is 5.26 Å². The molecule has 0 spiro atoms. The zero-order valence-electron chi connectivity index (χ0n) is 19.3. The molecule has 0 aliphatic rings. The van der Waals surface area contributed by atoms with E-state index in [9.17, 15) is 23.2 Å². The van der Waals surface area contributed by atoms with Crippen molar-refractivity contribution < 1.29 is 13.2 Å². The monoisotopic (exact) mass is 477 g/mol. The van der Waals surface area contributed by atoms with Crippen LogP contribution in [0.5, 0.6) is 0 Å². The summed E-state index contributed by atoms with van der Waals surface area (Å²) in [6, 6.07) is 16.3. The molecule has 0 aliphatic carbocycles. The van der Waals surface area contributed by atoms with Crippen molar-refractivity contribution in [3.63, 3.8) is 0 Å². The molecule has 0 aliphatic heterocycles. The van der Waals surface area contributed by atoms with Crippen molar-refractivity contribution in [3.05, 3.63) is 88.6 Å². The van der Waals surface area contributed by atoms with Crippen LogP contribution in [0.1, 0.15) is 25.0 Å². The number of nitrogen functional groups attached to an aromatic ring is 1. The Hall–Kier alpha value is -4.32. The Morgan fingerprint density at radius 1 is 1.00 bits per heavy atom. The molecule has 2 heterocycles. The first-order valence-electron chi connectivity index (χ1n) is 10.7. The predicted molar refractivity (Wildman–Crippen MR) is 128 cm³/mol. The quantitative estimate of drug-likeness (QED) is 0.404. The van der Waals surface area contributed by atoms with Gasteiger partial charge in [-0.15, -0.1) is 0 Å². The molecular weight excluding hydrogens is 455 g/mol. The highest BCUT2D eigenvalue weighted by Crippen LogP contribution is 2.36. The molecule has 0 atom stereocenters. The van der Waals surface area contributed by atoms with Gasteiger partial charge in [0.05, 0.1) is 34.1 Å². The number of nitrogens with two attached hydrogens (primary N) is 1. The number of alkyl halides is 3. The first-order valence-corrected chi connectivity index (χ1v) is 10.7. The summed E-state index contributed by atoms with van der Waals surface area (Å²) < 4.78 is 42.9. The van der Waals surface area contributed by atoms with Gasteiger partial charge in [-0.2, -0.15) is 18.4 Å². The third-order valence-corrected chi connectivity index (χ3v) is 5.89. The summed E-state index contributed by atoms with van der Waals surface area (Å²) in [5, 5.41) is 9.38. The van der Waals surface area contributed by atoms with E-state index < -0.39 is 17.2 Å². The van der Waals surface area contributed by atoms with Crippen LogP contribution in [0.25, 0.3) is 28.2 Å². The number of aryl methyl sites for hydroxylation is 1. The van der Waals surface area contributed by atoms with Crippen LogP contribution in [0.2, 0.25) is 0 Å². The summed E-state index contributed by atoms with van der Waals surface area (Å²) in [5.41, 5.74) is 6.34. The van der Waals surface area contributed by atoms with E-state index in [1.165, 1.54) is 27.5 Å². The van der Waals surface area contributed by atoms with Gasteiger partial charge in [0.1, 0.15) is 0 Å². The van der Waals surface area contributed by atoms with Crippen LogP contribution in [-0.4, -0.2) is 14.1 Å². The third kappa shape index (κ3) is 4.43. The minimum absolute atomic E-state index is 0.314. The Labute approximate surface area is 199 Å². The Bertz CT molecular complexity index is 1510. The van der Waals surface area contributed by atoms with E-state index in [4.69, 9.17) is 5.73 Å². The van der Waals surface area contributed by atoms with Crippen LogP contribution in [0.15, 0.2) is 71.8 Å². The molecule has 6 nitrogen and oxygen atoms in total. The highest BCUT2D eigenvalue weighted by molar-refractivity contribution is 5.72. The molecule has 0 radical (unpaired) electrons. The molecule has 35 heavy (non-hydrogen) atoms. The highest BCUT2D eigenvalue weighted by atomic mass is 19.4. The normalized spacial score (nSPS) is 11.9. The van der Waals surface area contributed by atoms with Gasteiger partial charge >= 0.3 is 11.9 Å². The zero-order chi connectivity index (χ0) is 25.5. The van der Waals surface area contributed by atoms with E-state index >= 15 is 0 Å². The topological polar surface area (TPSA) is 89.6 Å². The Kier molecular flexibility index (Phi) is 5.77. The number of hydrogen-bond donors (Lipinski definition) is 1. The Morgan fingerprint density at radius 2 is 1.66 bits per heavy atom.